The van der Waals surface area contributed by atoms with Crippen LogP contribution in [0.4, 0.5) is 11.4 Å². The summed E-state index contributed by atoms with van der Waals surface area (Å²) >= 11 is 0. The van der Waals surface area contributed by atoms with Crippen molar-refractivity contribution in [2.75, 3.05) is 16.8 Å². The predicted octanol–water partition coefficient (Wildman–Crippen LogP) is 4.11. The third kappa shape index (κ3) is 3.90. The molecule has 4 nitrogen and oxygen atoms in total. The largest absolute Gasteiger partial charge is 0.326 e. The molecule has 1 aliphatic heterocycles. The first-order valence-electron chi connectivity index (χ1n) is 8.72. The maximum Gasteiger partial charge on any atom is 0.229 e. The van der Waals surface area contributed by atoms with Crippen LogP contribution in [0.25, 0.3) is 0 Å². The zero-order valence-corrected chi connectivity index (χ0v) is 15.0. The van der Waals surface area contributed by atoms with E-state index >= 15 is 0 Å². The molecule has 0 aromatic heterocycles. The van der Waals surface area contributed by atoms with Crippen LogP contribution < -0.4 is 10.2 Å². The summed E-state index contributed by atoms with van der Waals surface area (Å²) in [6.45, 7) is 6.70. The summed E-state index contributed by atoms with van der Waals surface area (Å²) in [7, 11) is 0. The van der Waals surface area contributed by atoms with E-state index in [1.807, 2.05) is 55.5 Å². The Kier molecular flexibility index (Phi) is 4.88. The molecule has 0 spiro atoms. The van der Waals surface area contributed by atoms with Crippen molar-refractivity contribution in [1.29, 1.82) is 0 Å². The van der Waals surface area contributed by atoms with E-state index in [-0.39, 0.29) is 24.2 Å². The SMILES string of the molecule is Cc1cccc(N2CC(C(=O)Nc3ccc(C(C)C)cc3)CC2=O)c1. The second-order valence-corrected chi connectivity index (χ2v) is 7.01. The Morgan fingerprint density at radius 2 is 1.88 bits per heavy atom. The fourth-order valence-corrected chi connectivity index (χ4v) is 3.12. The molecule has 2 aromatic rings. The van der Waals surface area contributed by atoms with Gasteiger partial charge in [0, 0.05) is 24.3 Å². The van der Waals surface area contributed by atoms with Gasteiger partial charge in [-0.15, -0.1) is 0 Å². The van der Waals surface area contributed by atoms with Gasteiger partial charge < -0.3 is 10.2 Å². The zero-order valence-electron chi connectivity index (χ0n) is 15.0. The number of nitrogens with one attached hydrogen (secondary N) is 1. The van der Waals surface area contributed by atoms with Gasteiger partial charge in [0.2, 0.25) is 11.8 Å². The molecule has 1 unspecified atom stereocenters. The molecule has 1 N–H and O–H groups in total. The Bertz CT molecular complexity index is 781. The van der Waals surface area contributed by atoms with E-state index in [2.05, 4.69) is 19.2 Å². The van der Waals surface area contributed by atoms with Gasteiger partial charge in [-0.1, -0.05) is 38.1 Å². The van der Waals surface area contributed by atoms with Crippen molar-refractivity contribution in [2.45, 2.75) is 33.1 Å². The minimum absolute atomic E-state index is 0.000839. The Hall–Kier alpha value is -2.62. The van der Waals surface area contributed by atoms with E-state index in [0.717, 1.165) is 16.9 Å². The molecular formula is C21H24N2O2. The number of amides is 2. The zero-order chi connectivity index (χ0) is 18.0. The molecule has 130 valence electrons. The Balaban J connectivity index is 1.66. The lowest BCUT2D eigenvalue weighted by atomic mass is 10.0. The number of hydrogen-bond acceptors (Lipinski definition) is 2. The van der Waals surface area contributed by atoms with Crippen molar-refractivity contribution in [1.82, 2.24) is 0 Å². The summed E-state index contributed by atoms with van der Waals surface area (Å²) in [5.41, 5.74) is 3.97. The molecule has 1 heterocycles. The number of nitrogens with zero attached hydrogens (tertiary/aromatic N) is 1. The van der Waals surface area contributed by atoms with Crippen molar-refractivity contribution in [3.8, 4) is 0 Å². The van der Waals surface area contributed by atoms with Gasteiger partial charge in [0.1, 0.15) is 0 Å². The van der Waals surface area contributed by atoms with E-state index in [1.165, 1.54) is 5.56 Å². The molecule has 1 aliphatic rings. The fourth-order valence-electron chi connectivity index (χ4n) is 3.12. The quantitative estimate of drug-likeness (QED) is 0.913. The summed E-state index contributed by atoms with van der Waals surface area (Å²) in [5.74, 6) is 0.0413. The number of benzene rings is 2. The van der Waals surface area contributed by atoms with E-state index in [4.69, 9.17) is 0 Å². The van der Waals surface area contributed by atoms with Gasteiger partial charge in [0.25, 0.3) is 0 Å². The smallest absolute Gasteiger partial charge is 0.229 e. The molecule has 2 amide bonds. The molecule has 0 saturated carbocycles. The maximum absolute atomic E-state index is 12.5. The first-order valence-corrected chi connectivity index (χ1v) is 8.72. The number of hydrogen-bond donors (Lipinski definition) is 1. The molecule has 2 aromatic carbocycles. The van der Waals surface area contributed by atoms with Crippen molar-refractivity contribution in [3.05, 3.63) is 59.7 Å². The Morgan fingerprint density at radius 3 is 2.52 bits per heavy atom. The maximum atomic E-state index is 12.5. The average molecular weight is 336 g/mol. The second kappa shape index (κ2) is 7.09. The van der Waals surface area contributed by atoms with Crippen LogP contribution in [0.1, 0.15) is 37.3 Å². The highest BCUT2D eigenvalue weighted by Crippen LogP contribution is 2.27. The standard InChI is InChI=1S/C21H24N2O2/c1-14(2)16-7-9-18(10-8-16)22-21(25)17-12-20(24)23(13-17)19-6-4-5-15(3)11-19/h4-11,14,17H,12-13H2,1-3H3,(H,22,25). The summed E-state index contributed by atoms with van der Waals surface area (Å²) < 4.78 is 0. The molecule has 1 atom stereocenters. The van der Waals surface area contributed by atoms with E-state index < -0.39 is 0 Å². The molecule has 0 bridgehead atoms. The van der Waals surface area contributed by atoms with Crippen LogP contribution in [-0.4, -0.2) is 18.4 Å². The first kappa shape index (κ1) is 17.2. The first-order chi connectivity index (χ1) is 11.9. The van der Waals surface area contributed by atoms with Crippen LogP contribution in [-0.2, 0) is 9.59 Å². The summed E-state index contributed by atoms with van der Waals surface area (Å²) in [4.78, 5) is 26.6. The van der Waals surface area contributed by atoms with Gasteiger partial charge in [-0.2, -0.15) is 0 Å². The van der Waals surface area contributed by atoms with E-state index in [9.17, 15) is 9.59 Å². The van der Waals surface area contributed by atoms with Crippen molar-refractivity contribution in [3.63, 3.8) is 0 Å². The van der Waals surface area contributed by atoms with Crippen LogP contribution in [0.5, 0.6) is 0 Å². The Labute approximate surface area is 148 Å². The summed E-state index contributed by atoms with van der Waals surface area (Å²) in [6, 6.07) is 15.7. The third-order valence-corrected chi connectivity index (χ3v) is 4.65. The lowest BCUT2D eigenvalue weighted by molar-refractivity contribution is -0.122. The number of carbonyl (C=O) groups excluding carboxylic acids is 2. The number of rotatable bonds is 4. The van der Waals surface area contributed by atoms with E-state index in [1.54, 1.807) is 4.90 Å². The third-order valence-electron chi connectivity index (χ3n) is 4.65. The molecule has 0 aliphatic carbocycles. The van der Waals surface area contributed by atoms with E-state index in [0.29, 0.717) is 12.5 Å². The van der Waals surface area contributed by atoms with Gasteiger partial charge >= 0.3 is 0 Å². The van der Waals surface area contributed by atoms with Gasteiger partial charge in [0.05, 0.1) is 5.92 Å². The minimum atomic E-state index is -0.321. The monoisotopic (exact) mass is 336 g/mol. The molecule has 0 radical (unpaired) electrons. The summed E-state index contributed by atoms with van der Waals surface area (Å²) in [6.07, 6.45) is 0.254. The summed E-state index contributed by atoms with van der Waals surface area (Å²) in [5, 5.41) is 2.94. The van der Waals surface area contributed by atoms with Crippen molar-refractivity contribution < 1.29 is 9.59 Å². The van der Waals surface area contributed by atoms with Gasteiger partial charge in [-0.05, 0) is 48.2 Å². The van der Waals surface area contributed by atoms with Crippen LogP contribution in [0.3, 0.4) is 0 Å². The highest BCUT2D eigenvalue weighted by molar-refractivity contribution is 6.03. The lowest BCUT2D eigenvalue weighted by Crippen LogP contribution is -2.28. The predicted molar refractivity (Wildman–Crippen MR) is 101 cm³/mol. The number of anilines is 2. The molecule has 1 saturated heterocycles. The second-order valence-electron chi connectivity index (χ2n) is 7.01. The van der Waals surface area contributed by atoms with Gasteiger partial charge in [-0.3, -0.25) is 9.59 Å². The number of aryl methyl sites for hydroxylation is 1. The molecule has 1 fully saturated rings. The van der Waals surface area contributed by atoms with Crippen molar-refractivity contribution in [2.24, 2.45) is 5.92 Å². The van der Waals surface area contributed by atoms with Gasteiger partial charge in [-0.25, -0.2) is 0 Å². The van der Waals surface area contributed by atoms with Crippen molar-refractivity contribution >= 4 is 23.2 Å². The molecular weight excluding hydrogens is 312 g/mol. The molecule has 3 rings (SSSR count). The fraction of sp³-hybridized carbons (Fsp3) is 0.333. The van der Waals surface area contributed by atoms with Crippen LogP contribution >= 0.6 is 0 Å². The van der Waals surface area contributed by atoms with Crippen LogP contribution in [0.2, 0.25) is 0 Å². The average Bonchev–Trinajstić information content (AvgIpc) is 2.97. The Morgan fingerprint density at radius 1 is 1.16 bits per heavy atom. The molecule has 4 heteroatoms. The lowest BCUT2D eigenvalue weighted by Gasteiger charge is -2.17. The highest BCUT2D eigenvalue weighted by Gasteiger charge is 2.35. The number of carbonyl (C=O) groups is 2. The van der Waals surface area contributed by atoms with Crippen LogP contribution in [0.15, 0.2) is 48.5 Å². The topological polar surface area (TPSA) is 49.4 Å². The molecule has 25 heavy (non-hydrogen) atoms. The highest BCUT2D eigenvalue weighted by atomic mass is 16.2. The normalized spacial score (nSPS) is 17.2. The van der Waals surface area contributed by atoms with Crippen LogP contribution in [0, 0.1) is 12.8 Å². The van der Waals surface area contributed by atoms with Gasteiger partial charge in [0.15, 0.2) is 0 Å². The minimum Gasteiger partial charge on any atom is -0.326 e.